The number of hydrogen-bond donors (Lipinski definition) is 0. The molecule has 0 radical (unpaired) electrons. The van der Waals surface area contributed by atoms with E-state index in [1.54, 1.807) is 0 Å². The summed E-state index contributed by atoms with van der Waals surface area (Å²) in [6, 6.07) is 35.2. The molecule has 286 valence electrons. The van der Waals surface area contributed by atoms with Crippen molar-refractivity contribution in [1.29, 1.82) is 0 Å². The molecule has 0 unspecified atom stereocenters. The van der Waals surface area contributed by atoms with Gasteiger partial charge in [0.1, 0.15) is 11.5 Å². The Morgan fingerprint density at radius 1 is 0.491 bits per heavy atom. The molecular formula is C45H46O4S6. The smallest absolute Gasteiger partial charge is 0.288 e. The second-order valence-corrected chi connectivity index (χ2v) is 21.3. The molecule has 1 aliphatic carbocycles. The predicted octanol–water partition coefficient (Wildman–Crippen LogP) is 13.1. The summed E-state index contributed by atoms with van der Waals surface area (Å²) < 4.78 is 15.3. The highest BCUT2D eigenvalue weighted by molar-refractivity contribution is 8.01. The largest absolute Gasteiger partial charge is 0.494 e. The van der Waals surface area contributed by atoms with Gasteiger partial charge < -0.3 is 9.47 Å². The minimum absolute atomic E-state index is 0.199. The van der Waals surface area contributed by atoms with Gasteiger partial charge in [-0.2, -0.15) is 0 Å². The Kier molecular flexibility index (Phi) is 14.1. The zero-order valence-electron chi connectivity index (χ0n) is 31.3. The van der Waals surface area contributed by atoms with Crippen molar-refractivity contribution in [3.8, 4) is 22.6 Å². The Balaban J connectivity index is 0.957. The molecule has 6 aromatic rings. The SMILES string of the molecule is Cc1sc(=O)sc1SCCCCCCOc1ccc(C2(c3ccc(OCCCCCCSc4sc(=O)sc4C)cc3)c3ccccc3-c3ccccc32)cc1. The Bertz CT molecular complexity index is 2100. The third kappa shape index (κ3) is 9.54. The van der Waals surface area contributed by atoms with Crippen LogP contribution >= 0.6 is 68.9 Å². The number of aryl methyl sites for hydroxylation is 2. The molecule has 0 spiro atoms. The van der Waals surface area contributed by atoms with E-state index in [2.05, 4.69) is 97.1 Å². The van der Waals surface area contributed by atoms with Gasteiger partial charge >= 0.3 is 0 Å². The standard InChI is InChI=1S/C45H46O4S6/c1-31-41(54-43(46)52-31)50-29-13-5-3-11-27-48-35-23-19-33(20-24-35)45(39-17-9-7-15-37(39)38-16-8-10-18-40(38)45)34-21-25-36(26-22-34)49-28-12-4-6-14-30-51-42-32(2)53-44(47)55-42/h7-10,15-26H,3-6,11-14,27-30H2,1-2H3. The van der Waals surface area contributed by atoms with Crippen molar-refractivity contribution < 1.29 is 9.47 Å². The third-order valence-electron chi connectivity index (χ3n) is 10.0. The molecule has 0 N–H and O–H groups in total. The van der Waals surface area contributed by atoms with E-state index < -0.39 is 5.41 Å². The second-order valence-electron chi connectivity index (χ2n) is 13.7. The summed E-state index contributed by atoms with van der Waals surface area (Å²) in [5.74, 6) is 3.91. The summed E-state index contributed by atoms with van der Waals surface area (Å²) in [5.41, 5.74) is 7.11. The number of hydrogen-bond acceptors (Lipinski definition) is 10. The molecule has 0 amide bonds. The normalized spacial score (nSPS) is 12.8. The second kappa shape index (κ2) is 19.4. The highest BCUT2D eigenvalue weighted by Crippen LogP contribution is 2.56. The average Bonchev–Trinajstić information content (AvgIpc) is 3.82. The molecule has 0 fully saturated rings. The fourth-order valence-electron chi connectivity index (χ4n) is 7.38. The molecule has 2 aromatic heterocycles. The van der Waals surface area contributed by atoms with Crippen LogP contribution in [-0.4, -0.2) is 24.7 Å². The van der Waals surface area contributed by atoms with Gasteiger partial charge in [0.25, 0.3) is 8.11 Å². The van der Waals surface area contributed by atoms with Crippen LogP contribution in [0.3, 0.4) is 0 Å². The summed E-state index contributed by atoms with van der Waals surface area (Å²) in [6.07, 6.45) is 8.95. The first-order valence-electron chi connectivity index (χ1n) is 19.1. The maximum atomic E-state index is 11.6. The fourth-order valence-corrected chi connectivity index (χ4v) is 14.5. The third-order valence-corrected chi connectivity index (χ3v) is 17.5. The monoisotopic (exact) mass is 842 g/mol. The molecule has 55 heavy (non-hydrogen) atoms. The van der Waals surface area contributed by atoms with Crippen LogP contribution < -0.4 is 17.6 Å². The highest BCUT2D eigenvalue weighted by atomic mass is 32.2. The lowest BCUT2D eigenvalue weighted by Crippen LogP contribution is -2.28. The number of fused-ring (bicyclic) bond motifs is 3. The van der Waals surface area contributed by atoms with E-state index in [9.17, 15) is 9.59 Å². The number of rotatable bonds is 20. The molecule has 0 atom stereocenters. The van der Waals surface area contributed by atoms with Crippen molar-refractivity contribution in [3.05, 3.63) is 147 Å². The molecule has 7 rings (SSSR count). The van der Waals surface area contributed by atoms with Crippen molar-refractivity contribution in [2.24, 2.45) is 0 Å². The Labute approximate surface area is 349 Å². The van der Waals surface area contributed by atoms with Crippen LogP contribution in [0.2, 0.25) is 0 Å². The summed E-state index contributed by atoms with van der Waals surface area (Å²) in [5, 5.41) is 0. The molecule has 0 aliphatic heterocycles. The summed E-state index contributed by atoms with van der Waals surface area (Å²) in [4.78, 5) is 25.5. The van der Waals surface area contributed by atoms with Crippen LogP contribution in [0.1, 0.15) is 83.4 Å². The van der Waals surface area contributed by atoms with Crippen molar-refractivity contribution >= 4 is 68.9 Å². The van der Waals surface area contributed by atoms with Crippen LogP contribution in [0, 0.1) is 13.8 Å². The predicted molar refractivity (Wildman–Crippen MR) is 240 cm³/mol. The fraction of sp³-hybridized carbons (Fsp3) is 0.333. The highest BCUT2D eigenvalue weighted by Gasteiger charge is 2.45. The number of benzene rings is 4. The number of unbranched alkanes of at least 4 members (excludes halogenated alkanes) is 6. The Morgan fingerprint density at radius 3 is 1.29 bits per heavy atom. The van der Waals surface area contributed by atoms with Gasteiger partial charge in [-0.3, -0.25) is 9.59 Å². The molecule has 0 saturated carbocycles. The van der Waals surface area contributed by atoms with Crippen LogP contribution in [0.5, 0.6) is 11.5 Å². The summed E-state index contributed by atoms with van der Waals surface area (Å²) in [7, 11) is 0. The molecule has 0 bridgehead atoms. The number of thioether (sulfide) groups is 2. The zero-order valence-corrected chi connectivity index (χ0v) is 36.2. The average molecular weight is 843 g/mol. The lowest BCUT2D eigenvalue weighted by molar-refractivity contribution is 0.305. The minimum Gasteiger partial charge on any atom is -0.494 e. The lowest BCUT2D eigenvalue weighted by Gasteiger charge is -2.34. The van der Waals surface area contributed by atoms with E-state index in [4.69, 9.17) is 9.47 Å². The van der Waals surface area contributed by atoms with Crippen LogP contribution in [-0.2, 0) is 5.41 Å². The first kappa shape index (κ1) is 40.1. The lowest BCUT2D eigenvalue weighted by atomic mass is 9.68. The van der Waals surface area contributed by atoms with Crippen molar-refractivity contribution in [1.82, 2.24) is 0 Å². The van der Waals surface area contributed by atoms with Gasteiger partial charge in [-0.25, -0.2) is 0 Å². The van der Waals surface area contributed by atoms with E-state index in [0.717, 1.165) is 71.3 Å². The minimum atomic E-state index is -0.463. The van der Waals surface area contributed by atoms with E-state index >= 15 is 0 Å². The molecular weight excluding hydrogens is 797 g/mol. The van der Waals surface area contributed by atoms with E-state index in [-0.39, 0.29) is 8.11 Å². The van der Waals surface area contributed by atoms with Gasteiger partial charge in [-0.1, -0.05) is 144 Å². The van der Waals surface area contributed by atoms with Gasteiger partial charge in [0, 0.05) is 9.75 Å². The van der Waals surface area contributed by atoms with Crippen molar-refractivity contribution in [2.45, 2.75) is 79.0 Å². The molecule has 2 heterocycles. The van der Waals surface area contributed by atoms with Crippen LogP contribution in [0.25, 0.3) is 11.1 Å². The molecule has 1 aliphatic rings. The van der Waals surface area contributed by atoms with Crippen LogP contribution in [0.4, 0.5) is 0 Å². The van der Waals surface area contributed by atoms with Gasteiger partial charge in [0.2, 0.25) is 0 Å². The summed E-state index contributed by atoms with van der Waals surface area (Å²) in [6.45, 7) is 5.49. The van der Waals surface area contributed by atoms with Crippen molar-refractivity contribution in [3.63, 3.8) is 0 Å². The maximum absolute atomic E-state index is 11.6. The van der Waals surface area contributed by atoms with Gasteiger partial charge in [-0.15, -0.1) is 23.5 Å². The van der Waals surface area contributed by atoms with E-state index in [0.29, 0.717) is 13.2 Å². The molecule has 4 nitrogen and oxygen atoms in total. The topological polar surface area (TPSA) is 52.6 Å². The van der Waals surface area contributed by atoms with Crippen LogP contribution in [0.15, 0.2) is 115 Å². The van der Waals surface area contributed by atoms with E-state index in [1.807, 2.05) is 37.4 Å². The maximum Gasteiger partial charge on any atom is 0.288 e. The number of ether oxygens (including phenoxy) is 2. The molecule has 10 heteroatoms. The first-order chi connectivity index (χ1) is 26.9. The quantitative estimate of drug-likeness (QED) is 0.0563. The summed E-state index contributed by atoms with van der Waals surface area (Å²) >= 11 is 9.14. The van der Waals surface area contributed by atoms with E-state index in [1.165, 1.54) is 100.0 Å². The molecule has 0 saturated heterocycles. The van der Waals surface area contributed by atoms with Crippen molar-refractivity contribution in [2.75, 3.05) is 24.7 Å². The zero-order chi connectivity index (χ0) is 38.0. The van der Waals surface area contributed by atoms with Gasteiger partial charge in [0.05, 0.1) is 27.0 Å². The Hall–Kier alpha value is -3.12. The molecule has 4 aromatic carbocycles. The Morgan fingerprint density at radius 2 is 0.891 bits per heavy atom. The van der Waals surface area contributed by atoms with Gasteiger partial charge in [-0.05, 0) is 109 Å². The van der Waals surface area contributed by atoms with Gasteiger partial charge in [0.15, 0.2) is 0 Å². The first-order valence-corrected chi connectivity index (χ1v) is 24.3.